The third kappa shape index (κ3) is 1.57. The van der Waals surface area contributed by atoms with Gasteiger partial charge in [0.1, 0.15) is 0 Å². The summed E-state index contributed by atoms with van der Waals surface area (Å²) in [6.07, 6.45) is 1.74. The van der Waals surface area contributed by atoms with Crippen molar-refractivity contribution in [2.75, 3.05) is 5.73 Å². The first kappa shape index (κ1) is 9.65. The highest BCUT2D eigenvalue weighted by atomic mass is 16.3. The summed E-state index contributed by atoms with van der Waals surface area (Å²) in [5, 5.41) is 13.9. The summed E-state index contributed by atoms with van der Waals surface area (Å²) in [6.45, 7) is 0. The van der Waals surface area contributed by atoms with E-state index in [1.807, 2.05) is 12.1 Å². The maximum atomic E-state index is 9.63. The van der Waals surface area contributed by atoms with Crippen molar-refractivity contribution >= 4 is 11.3 Å². The molecule has 0 unspecified atom stereocenters. The minimum atomic E-state index is 0.113. The Bertz CT molecular complexity index is 673. The van der Waals surface area contributed by atoms with E-state index in [9.17, 15) is 5.11 Å². The number of aromatic nitrogens is 3. The molecule has 0 aliphatic heterocycles. The van der Waals surface area contributed by atoms with Crippen LogP contribution in [0.25, 0.3) is 17.0 Å². The molecule has 84 valence electrons. The molecule has 0 saturated heterocycles. The SMILES string of the molecule is Nc1ccc(-c2nc3c(O)cccn3n2)cc1. The number of benzene rings is 1. The molecule has 3 rings (SSSR count). The predicted molar refractivity (Wildman–Crippen MR) is 64.5 cm³/mol. The molecule has 2 aromatic heterocycles. The third-order valence-corrected chi connectivity index (χ3v) is 2.51. The van der Waals surface area contributed by atoms with Gasteiger partial charge in [-0.05, 0) is 36.4 Å². The fourth-order valence-corrected chi connectivity index (χ4v) is 1.65. The summed E-state index contributed by atoms with van der Waals surface area (Å²) in [6, 6.07) is 10.6. The lowest BCUT2D eigenvalue weighted by Crippen LogP contribution is -1.86. The third-order valence-electron chi connectivity index (χ3n) is 2.51. The van der Waals surface area contributed by atoms with Crippen molar-refractivity contribution in [2.45, 2.75) is 0 Å². The van der Waals surface area contributed by atoms with Crippen LogP contribution in [0.15, 0.2) is 42.6 Å². The molecule has 2 heterocycles. The molecule has 0 saturated carbocycles. The van der Waals surface area contributed by atoms with Crippen molar-refractivity contribution in [3.63, 3.8) is 0 Å². The maximum absolute atomic E-state index is 9.63. The molecule has 3 aromatic rings. The van der Waals surface area contributed by atoms with Gasteiger partial charge in [0.15, 0.2) is 17.2 Å². The van der Waals surface area contributed by atoms with Gasteiger partial charge in [-0.25, -0.2) is 9.50 Å². The maximum Gasteiger partial charge on any atom is 0.198 e. The second-order valence-electron chi connectivity index (χ2n) is 3.72. The van der Waals surface area contributed by atoms with Crippen LogP contribution in [0.4, 0.5) is 5.69 Å². The van der Waals surface area contributed by atoms with Crippen LogP contribution in [-0.2, 0) is 0 Å². The van der Waals surface area contributed by atoms with Gasteiger partial charge in [0.25, 0.3) is 0 Å². The first-order valence-corrected chi connectivity index (χ1v) is 5.14. The van der Waals surface area contributed by atoms with Crippen LogP contribution < -0.4 is 5.73 Å². The van der Waals surface area contributed by atoms with Crippen molar-refractivity contribution in [1.82, 2.24) is 14.6 Å². The van der Waals surface area contributed by atoms with Crippen LogP contribution in [0.1, 0.15) is 0 Å². The Morgan fingerprint density at radius 3 is 2.59 bits per heavy atom. The molecule has 0 radical (unpaired) electrons. The molecule has 0 spiro atoms. The zero-order valence-corrected chi connectivity index (χ0v) is 8.91. The number of hydrogen-bond acceptors (Lipinski definition) is 4. The average Bonchev–Trinajstić information content (AvgIpc) is 2.75. The van der Waals surface area contributed by atoms with Gasteiger partial charge in [0.2, 0.25) is 0 Å². The van der Waals surface area contributed by atoms with Gasteiger partial charge >= 0.3 is 0 Å². The van der Waals surface area contributed by atoms with Crippen molar-refractivity contribution in [3.05, 3.63) is 42.6 Å². The molecule has 0 bridgehead atoms. The molecule has 0 atom stereocenters. The van der Waals surface area contributed by atoms with E-state index >= 15 is 0 Å². The molecule has 0 aliphatic rings. The molecule has 17 heavy (non-hydrogen) atoms. The van der Waals surface area contributed by atoms with Gasteiger partial charge in [-0.1, -0.05) is 0 Å². The summed E-state index contributed by atoms with van der Waals surface area (Å²) in [4.78, 5) is 4.27. The molecule has 5 heteroatoms. The van der Waals surface area contributed by atoms with Crippen LogP contribution in [0.2, 0.25) is 0 Å². The van der Waals surface area contributed by atoms with Gasteiger partial charge in [-0.2, -0.15) is 0 Å². The van der Waals surface area contributed by atoms with Crippen LogP contribution in [0.5, 0.6) is 5.75 Å². The highest BCUT2D eigenvalue weighted by Gasteiger charge is 2.08. The fourth-order valence-electron chi connectivity index (χ4n) is 1.65. The van der Waals surface area contributed by atoms with Crippen LogP contribution in [0.3, 0.4) is 0 Å². The topological polar surface area (TPSA) is 76.4 Å². The lowest BCUT2D eigenvalue weighted by Gasteiger charge is -1.94. The molecular weight excluding hydrogens is 216 g/mol. The molecule has 0 fully saturated rings. The molecular formula is C12H10N4O. The summed E-state index contributed by atoms with van der Waals surface area (Å²) < 4.78 is 1.54. The van der Waals surface area contributed by atoms with E-state index < -0.39 is 0 Å². The van der Waals surface area contributed by atoms with E-state index in [1.54, 1.807) is 35.0 Å². The number of hydrogen-bond donors (Lipinski definition) is 2. The minimum absolute atomic E-state index is 0.113. The summed E-state index contributed by atoms with van der Waals surface area (Å²) in [5.41, 5.74) is 7.62. The molecule has 1 aromatic carbocycles. The van der Waals surface area contributed by atoms with Crippen molar-refractivity contribution in [1.29, 1.82) is 0 Å². The largest absolute Gasteiger partial charge is 0.504 e. The van der Waals surface area contributed by atoms with Crippen LogP contribution >= 0.6 is 0 Å². The summed E-state index contributed by atoms with van der Waals surface area (Å²) in [5.74, 6) is 0.674. The molecule has 5 nitrogen and oxygen atoms in total. The number of fused-ring (bicyclic) bond motifs is 1. The van der Waals surface area contributed by atoms with Crippen molar-refractivity contribution < 1.29 is 5.11 Å². The number of nitrogens with zero attached hydrogens (tertiary/aromatic N) is 3. The highest BCUT2D eigenvalue weighted by molar-refractivity contribution is 5.63. The molecule has 0 amide bonds. The highest BCUT2D eigenvalue weighted by Crippen LogP contribution is 2.21. The zero-order chi connectivity index (χ0) is 11.8. The van der Waals surface area contributed by atoms with E-state index in [2.05, 4.69) is 10.1 Å². The first-order valence-electron chi connectivity index (χ1n) is 5.14. The number of anilines is 1. The van der Waals surface area contributed by atoms with Gasteiger partial charge in [-0.3, -0.25) is 0 Å². The minimum Gasteiger partial charge on any atom is -0.504 e. The van der Waals surface area contributed by atoms with Gasteiger partial charge in [0, 0.05) is 17.4 Å². The summed E-state index contributed by atoms with van der Waals surface area (Å²) in [7, 11) is 0. The molecule has 0 aliphatic carbocycles. The lowest BCUT2D eigenvalue weighted by molar-refractivity contribution is 0.477. The number of rotatable bonds is 1. The standard InChI is InChI=1S/C12H10N4O/c13-9-5-3-8(4-6-9)11-14-12-10(17)2-1-7-16(12)15-11/h1-7,17H,13H2. The van der Waals surface area contributed by atoms with E-state index in [4.69, 9.17) is 5.73 Å². The van der Waals surface area contributed by atoms with E-state index in [0.717, 1.165) is 5.56 Å². The van der Waals surface area contributed by atoms with Crippen molar-refractivity contribution in [2.24, 2.45) is 0 Å². The zero-order valence-electron chi connectivity index (χ0n) is 8.91. The predicted octanol–water partition coefficient (Wildman–Crippen LogP) is 1.68. The van der Waals surface area contributed by atoms with Gasteiger partial charge in [-0.15, -0.1) is 5.10 Å². The van der Waals surface area contributed by atoms with E-state index in [-0.39, 0.29) is 5.75 Å². The number of nitrogen functional groups attached to an aromatic ring is 1. The monoisotopic (exact) mass is 226 g/mol. The second-order valence-corrected chi connectivity index (χ2v) is 3.72. The molecule has 3 N–H and O–H groups in total. The fraction of sp³-hybridized carbons (Fsp3) is 0. The normalized spacial score (nSPS) is 10.8. The summed E-state index contributed by atoms with van der Waals surface area (Å²) >= 11 is 0. The van der Waals surface area contributed by atoms with E-state index in [1.165, 1.54) is 0 Å². The number of pyridine rings is 1. The quantitative estimate of drug-likeness (QED) is 0.619. The van der Waals surface area contributed by atoms with E-state index in [0.29, 0.717) is 17.2 Å². The van der Waals surface area contributed by atoms with Crippen LogP contribution in [-0.4, -0.2) is 19.7 Å². The second kappa shape index (κ2) is 3.48. The van der Waals surface area contributed by atoms with Gasteiger partial charge < -0.3 is 10.8 Å². The average molecular weight is 226 g/mol. The Morgan fingerprint density at radius 2 is 1.88 bits per heavy atom. The number of nitrogens with two attached hydrogens (primary N) is 1. The Morgan fingerprint density at radius 1 is 1.12 bits per heavy atom. The Balaban J connectivity index is 2.18. The van der Waals surface area contributed by atoms with Crippen LogP contribution in [0, 0.1) is 0 Å². The Hall–Kier alpha value is -2.56. The Labute approximate surface area is 97.1 Å². The first-order chi connectivity index (χ1) is 8.24. The van der Waals surface area contributed by atoms with Gasteiger partial charge in [0.05, 0.1) is 0 Å². The lowest BCUT2D eigenvalue weighted by atomic mass is 10.2. The Kier molecular flexibility index (Phi) is 1.98. The van der Waals surface area contributed by atoms with Crippen molar-refractivity contribution in [3.8, 4) is 17.1 Å². The number of aromatic hydroxyl groups is 1. The smallest absolute Gasteiger partial charge is 0.198 e.